The van der Waals surface area contributed by atoms with Crippen LogP contribution in [0.25, 0.3) is 5.57 Å². The van der Waals surface area contributed by atoms with E-state index in [2.05, 4.69) is 48.9 Å². The van der Waals surface area contributed by atoms with Crippen molar-refractivity contribution in [1.82, 2.24) is 4.72 Å². The first kappa shape index (κ1) is 21.0. The van der Waals surface area contributed by atoms with Crippen molar-refractivity contribution in [3.8, 4) is 0 Å². The molecule has 3 rings (SSSR count). The zero-order chi connectivity index (χ0) is 20.9. The van der Waals surface area contributed by atoms with E-state index in [1.165, 1.54) is 22.3 Å². The third-order valence-electron chi connectivity index (χ3n) is 4.99. The van der Waals surface area contributed by atoms with Crippen molar-refractivity contribution in [3.05, 3.63) is 107 Å². The van der Waals surface area contributed by atoms with Crippen LogP contribution in [0.15, 0.2) is 83.8 Å². The van der Waals surface area contributed by atoms with Gasteiger partial charge in [-0.2, -0.15) is 0 Å². The maximum atomic E-state index is 12.5. The van der Waals surface area contributed by atoms with Gasteiger partial charge < -0.3 is 0 Å². The lowest BCUT2D eigenvalue weighted by molar-refractivity contribution is 0.582. The summed E-state index contributed by atoms with van der Waals surface area (Å²) in [5.74, 6) is 0. The predicted molar refractivity (Wildman–Crippen MR) is 120 cm³/mol. The average Bonchev–Trinajstić information content (AvgIpc) is 2.70. The van der Waals surface area contributed by atoms with E-state index >= 15 is 0 Å². The number of nitrogens with one attached hydrogen (secondary N) is 1. The molecular weight excluding hydrogens is 378 g/mol. The predicted octanol–water partition coefficient (Wildman–Crippen LogP) is 5.41. The molecule has 0 bridgehead atoms. The van der Waals surface area contributed by atoms with Crippen LogP contribution in [-0.4, -0.2) is 15.0 Å². The Bertz CT molecular complexity index is 1070. The van der Waals surface area contributed by atoms with Gasteiger partial charge in [0.1, 0.15) is 0 Å². The van der Waals surface area contributed by atoms with Crippen LogP contribution < -0.4 is 4.72 Å². The van der Waals surface area contributed by atoms with Gasteiger partial charge in [-0.3, -0.25) is 0 Å². The fraction of sp³-hybridized carbons (Fsp3) is 0.200. The van der Waals surface area contributed by atoms with Crippen molar-refractivity contribution >= 4 is 15.6 Å². The number of benzene rings is 3. The quantitative estimate of drug-likeness (QED) is 0.534. The molecule has 3 aromatic carbocycles. The maximum Gasteiger partial charge on any atom is 0.240 e. The second kappa shape index (κ2) is 9.21. The maximum absolute atomic E-state index is 12.5. The zero-order valence-electron chi connectivity index (χ0n) is 17.1. The second-order valence-corrected chi connectivity index (χ2v) is 9.01. The molecule has 0 heterocycles. The highest BCUT2D eigenvalue weighted by Gasteiger charge is 2.13. The van der Waals surface area contributed by atoms with E-state index in [1.54, 1.807) is 12.1 Å². The van der Waals surface area contributed by atoms with Crippen LogP contribution in [0.3, 0.4) is 0 Å². The van der Waals surface area contributed by atoms with E-state index in [-0.39, 0.29) is 0 Å². The standard InChI is InChI=1S/C25H27NO2S/c1-19-14-16-22(17-15-19)29(27,28)26-18-8-13-25(23-11-6-4-9-20(23)2)24-12-7-5-10-21(24)3/h4-7,9-17,26H,8,18H2,1-3H3. The molecule has 0 atom stereocenters. The molecule has 0 aromatic heterocycles. The molecule has 0 unspecified atom stereocenters. The summed E-state index contributed by atoms with van der Waals surface area (Å²) < 4.78 is 27.7. The van der Waals surface area contributed by atoms with Crippen LogP contribution >= 0.6 is 0 Å². The van der Waals surface area contributed by atoms with E-state index < -0.39 is 10.0 Å². The largest absolute Gasteiger partial charge is 0.240 e. The first-order valence-electron chi connectivity index (χ1n) is 9.77. The Labute approximate surface area is 174 Å². The van der Waals surface area contributed by atoms with Gasteiger partial charge in [-0.1, -0.05) is 72.3 Å². The van der Waals surface area contributed by atoms with Crippen molar-refractivity contribution in [2.24, 2.45) is 0 Å². The van der Waals surface area contributed by atoms with Gasteiger partial charge in [-0.15, -0.1) is 0 Å². The van der Waals surface area contributed by atoms with Gasteiger partial charge in [0.15, 0.2) is 0 Å². The summed E-state index contributed by atoms with van der Waals surface area (Å²) in [4.78, 5) is 0.296. The second-order valence-electron chi connectivity index (χ2n) is 7.25. The third-order valence-corrected chi connectivity index (χ3v) is 6.46. The minimum atomic E-state index is -3.50. The molecule has 0 amide bonds. The summed E-state index contributed by atoms with van der Waals surface area (Å²) in [5.41, 5.74) is 6.90. The molecule has 0 aliphatic heterocycles. The fourth-order valence-electron chi connectivity index (χ4n) is 3.33. The summed E-state index contributed by atoms with van der Waals surface area (Å²) in [6, 6.07) is 23.5. The normalized spacial score (nSPS) is 11.3. The fourth-order valence-corrected chi connectivity index (χ4v) is 4.37. The Morgan fingerprint density at radius 2 is 1.31 bits per heavy atom. The lowest BCUT2D eigenvalue weighted by Gasteiger charge is -2.14. The molecule has 0 aliphatic carbocycles. The van der Waals surface area contributed by atoms with Gasteiger partial charge >= 0.3 is 0 Å². The summed E-state index contributed by atoms with van der Waals surface area (Å²) >= 11 is 0. The lowest BCUT2D eigenvalue weighted by Crippen LogP contribution is -2.24. The molecule has 3 aromatic rings. The summed E-state index contributed by atoms with van der Waals surface area (Å²) in [7, 11) is -3.50. The Morgan fingerprint density at radius 3 is 1.83 bits per heavy atom. The van der Waals surface area contributed by atoms with E-state index in [0.29, 0.717) is 17.9 Å². The van der Waals surface area contributed by atoms with Gasteiger partial charge in [0.25, 0.3) is 0 Å². The van der Waals surface area contributed by atoms with Crippen LogP contribution in [0.5, 0.6) is 0 Å². The Hall–Kier alpha value is -2.69. The highest BCUT2D eigenvalue weighted by Crippen LogP contribution is 2.28. The number of hydrogen-bond acceptors (Lipinski definition) is 2. The topological polar surface area (TPSA) is 46.2 Å². The Morgan fingerprint density at radius 1 is 0.793 bits per heavy atom. The van der Waals surface area contributed by atoms with Crippen LogP contribution in [-0.2, 0) is 10.0 Å². The van der Waals surface area contributed by atoms with Gasteiger partial charge in [0.2, 0.25) is 10.0 Å². The van der Waals surface area contributed by atoms with Crippen molar-refractivity contribution in [2.75, 3.05) is 6.54 Å². The van der Waals surface area contributed by atoms with Crippen molar-refractivity contribution in [1.29, 1.82) is 0 Å². The molecule has 0 radical (unpaired) electrons. The molecule has 0 spiro atoms. The van der Waals surface area contributed by atoms with E-state index in [0.717, 1.165) is 11.1 Å². The molecule has 0 aliphatic rings. The Kier molecular flexibility index (Phi) is 6.68. The molecule has 0 saturated carbocycles. The number of sulfonamides is 1. The minimum Gasteiger partial charge on any atom is -0.211 e. The van der Waals surface area contributed by atoms with Crippen molar-refractivity contribution in [3.63, 3.8) is 0 Å². The average molecular weight is 406 g/mol. The monoisotopic (exact) mass is 405 g/mol. The van der Waals surface area contributed by atoms with Crippen LogP contribution in [0.2, 0.25) is 0 Å². The van der Waals surface area contributed by atoms with Crippen molar-refractivity contribution in [2.45, 2.75) is 32.1 Å². The molecule has 3 nitrogen and oxygen atoms in total. The molecular formula is C25H27NO2S. The summed E-state index contributed by atoms with van der Waals surface area (Å²) in [6.45, 7) is 6.48. The molecule has 4 heteroatoms. The van der Waals surface area contributed by atoms with E-state index in [1.807, 2.05) is 43.3 Å². The Balaban J connectivity index is 1.82. The first-order chi connectivity index (χ1) is 13.9. The third kappa shape index (κ3) is 5.22. The molecule has 29 heavy (non-hydrogen) atoms. The number of aryl methyl sites for hydroxylation is 3. The SMILES string of the molecule is Cc1ccc(S(=O)(=O)NCCC=C(c2ccccc2C)c2ccccc2C)cc1. The smallest absolute Gasteiger partial charge is 0.211 e. The van der Waals surface area contributed by atoms with Crippen LogP contribution in [0.1, 0.15) is 34.2 Å². The number of hydrogen-bond donors (Lipinski definition) is 1. The van der Waals surface area contributed by atoms with Crippen LogP contribution in [0, 0.1) is 20.8 Å². The minimum absolute atomic E-state index is 0.296. The highest BCUT2D eigenvalue weighted by atomic mass is 32.2. The molecule has 0 fully saturated rings. The zero-order valence-corrected chi connectivity index (χ0v) is 18.0. The van der Waals surface area contributed by atoms with Crippen molar-refractivity contribution < 1.29 is 8.42 Å². The first-order valence-corrected chi connectivity index (χ1v) is 11.3. The highest BCUT2D eigenvalue weighted by molar-refractivity contribution is 7.89. The van der Waals surface area contributed by atoms with Gasteiger partial charge in [0.05, 0.1) is 4.90 Å². The van der Waals surface area contributed by atoms with E-state index in [9.17, 15) is 8.42 Å². The van der Waals surface area contributed by atoms with Gasteiger partial charge in [0, 0.05) is 6.54 Å². The molecule has 1 N–H and O–H groups in total. The van der Waals surface area contributed by atoms with Gasteiger partial charge in [-0.05, 0) is 67.2 Å². The lowest BCUT2D eigenvalue weighted by atomic mass is 9.91. The molecule has 0 saturated heterocycles. The van der Waals surface area contributed by atoms with Crippen LogP contribution in [0.4, 0.5) is 0 Å². The van der Waals surface area contributed by atoms with Gasteiger partial charge in [-0.25, -0.2) is 13.1 Å². The van der Waals surface area contributed by atoms with E-state index in [4.69, 9.17) is 0 Å². The molecule has 150 valence electrons. The number of rotatable bonds is 7. The summed E-state index contributed by atoms with van der Waals surface area (Å²) in [6.07, 6.45) is 2.73. The summed E-state index contributed by atoms with van der Waals surface area (Å²) in [5, 5.41) is 0.